The molecule has 0 spiro atoms. The Kier molecular flexibility index (Phi) is 4.39. The molecule has 1 aliphatic rings. The predicted molar refractivity (Wildman–Crippen MR) is 103 cm³/mol. The van der Waals surface area contributed by atoms with Gasteiger partial charge >= 0.3 is 0 Å². The number of aromatic nitrogens is 3. The van der Waals surface area contributed by atoms with E-state index in [1.54, 1.807) is 27.6 Å². The van der Waals surface area contributed by atoms with Crippen molar-refractivity contribution in [1.82, 2.24) is 19.0 Å². The third kappa shape index (κ3) is 3.18. The molecule has 0 saturated heterocycles. The maximum Gasteiger partial charge on any atom is 0.275 e. The van der Waals surface area contributed by atoms with Gasteiger partial charge in [0.25, 0.3) is 11.5 Å². The first-order chi connectivity index (χ1) is 13.0. The zero-order valence-corrected chi connectivity index (χ0v) is 15.5. The molecule has 3 heterocycles. The molecule has 6 nitrogen and oxygen atoms in total. The third-order valence-corrected chi connectivity index (χ3v) is 5.09. The van der Waals surface area contributed by atoms with E-state index in [-0.39, 0.29) is 17.5 Å². The molecule has 138 valence electrons. The van der Waals surface area contributed by atoms with Crippen LogP contribution in [0, 0.1) is 6.92 Å². The third-order valence-electron chi connectivity index (χ3n) is 5.09. The summed E-state index contributed by atoms with van der Waals surface area (Å²) >= 11 is 0. The van der Waals surface area contributed by atoms with Gasteiger partial charge < -0.3 is 14.0 Å². The van der Waals surface area contributed by atoms with Crippen molar-refractivity contribution in [2.45, 2.75) is 32.9 Å². The highest BCUT2D eigenvalue weighted by Crippen LogP contribution is 2.18. The fourth-order valence-electron chi connectivity index (χ4n) is 3.61. The minimum atomic E-state index is -0.159. The summed E-state index contributed by atoms with van der Waals surface area (Å²) in [6.45, 7) is 5.01. The average molecular weight is 362 g/mol. The SMILES string of the molecule is Cc1cn(-c2ccc3n(c2=O)C[C@@H](C)N(CCc2ccccc2)C3=O)cn1. The molecule has 0 aliphatic carbocycles. The van der Waals surface area contributed by atoms with E-state index in [2.05, 4.69) is 17.1 Å². The Balaban J connectivity index is 1.62. The van der Waals surface area contributed by atoms with E-state index in [0.717, 1.165) is 12.1 Å². The first kappa shape index (κ1) is 17.3. The van der Waals surface area contributed by atoms with Gasteiger partial charge in [0.2, 0.25) is 0 Å². The lowest BCUT2D eigenvalue weighted by Crippen LogP contribution is -2.50. The highest BCUT2D eigenvalue weighted by Gasteiger charge is 2.30. The summed E-state index contributed by atoms with van der Waals surface area (Å²) in [5.74, 6) is -0.0878. The van der Waals surface area contributed by atoms with E-state index in [1.165, 1.54) is 5.56 Å². The van der Waals surface area contributed by atoms with Gasteiger partial charge in [-0.25, -0.2) is 4.98 Å². The van der Waals surface area contributed by atoms with Crippen LogP contribution in [0.1, 0.15) is 28.7 Å². The molecule has 27 heavy (non-hydrogen) atoms. The van der Waals surface area contributed by atoms with Gasteiger partial charge in [-0.1, -0.05) is 30.3 Å². The van der Waals surface area contributed by atoms with Gasteiger partial charge in [0.05, 0.1) is 12.0 Å². The molecule has 0 N–H and O–H groups in total. The Labute approximate surface area is 157 Å². The molecule has 1 aromatic carbocycles. The number of carbonyl (C=O) groups is 1. The Morgan fingerprint density at radius 2 is 1.89 bits per heavy atom. The Hall–Kier alpha value is -3.15. The normalized spacial score (nSPS) is 16.4. The van der Waals surface area contributed by atoms with E-state index in [1.807, 2.05) is 43.1 Å². The van der Waals surface area contributed by atoms with Crippen molar-refractivity contribution in [1.29, 1.82) is 0 Å². The van der Waals surface area contributed by atoms with Crippen LogP contribution in [0.5, 0.6) is 0 Å². The predicted octanol–water partition coefficient (Wildman–Crippen LogP) is 2.43. The van der Waals surface area contributed by atoms with E-state index in [4.69, 9.17) is 0 Å². The zero-order chi connectivity index (χ0) is 19.0. The number of carbonyl (C=O) groups excluding carboxylic acids is 1. The van der Waals surface area contributed by atoms with Gasteiger partial charge in [-0.3, -0.25) is 9.59 Å². The number of hydrogen-bond acceptors (Lipinski definition) is 3. The van der Waals surface area contributed by atoms with Crippen LogP contribution in [0.2, 0.25) is 0 Å². The van der Waals surface area contributed by atoms with Crippen LogP contribution in [0.4, 0.5) is 0 Å². The first-order valence-electron chi connectivity index (χ1n) is 9.14. The lowest BCUT2D eigenvalue weighted by molar-refractivity contribution is 0.0612. The molecule has 2 aromatic heterocycles. The minimum absolute atomic E-state index is 0.0359. The number of pyridine rings is 1. The molecule has 1 aliphatic heterocycles. The van der Waals surface area contributed by atoms with Crippen LogP contribution in [-0.4, -0.2) is 37.5 Å². The van der Waals surface area contributed by atoms with E-state index < -0.39 is 0 Å². The second-order valence-electron chi connectivity index (χ2n) is 7.03. The molecule has 4 rings (SSSR count). The standard InChI is InChI=1S/C21H22N4O2/c1-15-12-23(14-22-15)18-8-9-19-21(27)24(16(2)13-25(19)20(18)26)11-10-17-6-4-3-5-7-17/h3-9,12,14,16H,10-11,13H2,1-2H3/t16-/m1/s1. The molecule has 3 aromatic rings. The molecule has 0 bridgehead atoms. The van der Waals surface area contributed by atoms with Crippen LogP contribution in [0.25, 0.3) is 5.69 Å². The van der Waals surface area contributed by atoms with Crippen molar-refractivity contribution < 1.29 is 4.79 Å². The van der Waals surface area contributed by atoms with Crippen molar-refractivity contribution in [2.75, 3.05) is 6.54 Å². The molecular formula is C21H22N4O2. The molecule has 0 saturated carbocycles. The molecule has 0 radical (unpaired) electrons. The van der Waals surface area contributed by atoms with Crippen LogP contribution in [-0.2, 0) is 13.0 Å². The Morgan fingerprint density at radius 3 is 2.59 bits per heavy atom. The number of rotatable bonds is 4. The van der Waals surface area contributed by atoms with Gasteiger partial charge in [-0.05, 0) is 38.0 Å². The number of nitrogens with zero attached hydrogens (tertiary/aromatic N) is 4. The largest absolute Gasteiger partial charge is 0.333 e. The van der Waals surface area contributed by atoms with Crippen molar-refractivity contribution in [2.24, 2.45) is 0 Å². The number of benzene rings is 1. The maximum absolute atomic E-state index is 13.0. The van der Waals surface area contributed by atoms with Crippen molar-refractivity contribution in [3.05, 3.63) is 82.3 Å². The Morgan fingerprint density at radius 1 is 1.11 bits per heavy atom. The van der Waals surface area contributed by atoms with Crippen LogP contribution < -0.4 is 5.56 Å². The molecular weight excluding hydrogens is 340 g/mol. The molecule has 6 heteroatoms. The molecule has 0 unspecified atom stereocenters. The van der Waals surface area contributed by atoms with E-state index >= 15 is 0 Å². The number of hydrogen-bond donors (Lipinski definition) is 0. The van der Waals surface area contributed by atoms with Crippen molar-refractivity contribution >= 4 is 5.91 Å². The second kappa shape index (κ2) is 6.87. The maximum atomic E-state index is 13.0. The monoisotopic (exact) mass is 362 g/mol. The van der Waals surface area contributed by atoms with Crippen molar-refractivity contribution in [3.63, 3.8) is 0 Å². The van der Waals surface area contributed by atoms with Gasteiger partial charge in [0, 0.05) is 25.3 Å². The fourth-order valence-corrected chi connectivity index (χ4v) is 3.61. The average Bonchev–Trinajstić information content (AvgIpc) is 3.09. The summed E-state index contributed by atoms with van der Waals surface area (Å²) in [5, 5.41) is 0. The quantitative estimate of drug-likeness (QED) is 0.716. The van der Waals surface area contributed by atoms with Crippen LogP contribution >= 0.6 is 0 Å². The fraction of sp³-hybridized carbons (Fsp3) is 0.286. The smallest absolute Gasteiger partial charge is 0.275 e. The lowest BCUT2D eigenvalue weighted by Gasteiger charge is -2.35. The van der Waals surface area contributed by atoms with E-state index in [0.29, 0.717) is 24.5 Å². The van der Waals surface area contributed by atoms with Gasteiger partial charge in [0.15, 0.2) is 0 Å². The summed E-state index contributed by atoms with van der Waals surface area (Å²) in [6, 6.07) is 13.5. The summed E-state index contributed by atoms with van der Waals surface area (Å²) in [6.07, 6.45) is 4.23. The summed E-state index contributed by atoms with van der Waals surface area (Å²) < 4.78 is 3.30. The van der Waals surface area contributed by atoms with E-state index in [9.17, 15) is 9.59 Å². The number of amides is 1. The molecule has 1 amide bonds. The number of fused-ring (bicyclic) bond motifs is 1. The van der Waals surface area contributed by atoms with Crippen LogP contribution in [0.3, 0.4) is 0 Å². The van der Waals surface area contributed by atoms with Gasteiger partial charge in [-0.15, -0.1) is 0 Å². The summed E-state index contributed by atoms with van der Waals surface area (Å²) in [4.78, 5) is 32.0. The highest BCUT2D eigenvalue weighted by atomic mass is 16.2. The second-order valence-corrected chi connectivity index (χ2v) is 7.03. The highest BCUT2D eigenvalue weighted by molar-refractivity contribution is 5.93. The molecule has 0 fully saturated rings. The minimum Gasteiger partial charge on any atom is -0.333 e. The summed E-state index contributed by atoms with van der Waals surface area (Å²) in [5.41, 5.74) is 2.84. The Bertz CT molecular complexity index is 1040. The summed E-state index contributed by atoms with van der Waals surface area (Å²) in [7, 11) is 0. The zero-order valence-electron chi connectivity index (χ0n) is 15.5. The van der Waals surface area contributed by atoms with Gasteiger partial charge in [0.1, 0.15) is 11.4 Å². The number of aryl methyl sites for hydroxylation is 1. The number of imidazole rings is 1. The van der Waals surface area contributed by atoms with Crippen molar-refractivity contribution in [3.8, 4) is 5.69 Å². The lowest BCUT2D eigenvalue weighted by atomic mass is 10.1. The molecule has 1 atom stereocenters. The first-order valence-corrected chi connectivity index (χ1v) is 9.14. The topological polar surface area (TPSA) is 60.1 Å². The van der Waals surface area contributed by atoms with Gasteiger partial charge in [-0.2, -0.15) is 0 Å². The van der Waals surface area contributed by atoms with Crippen LogP contribution in [0.15, 0.2) is 59.8 Å².